The van der Waals surface area contributed by atoms with Crippen LogP contribution >= 0.6 is 0 Å². The molecule has 0 amide bonds. The maximum atomic E-state index is 12.5. The van der Waals surface area contributed by atoms with Crippen LogP contribution in [0.25, 0.3) is 0 Å². The number of hydrogen-bond acceptors (Lipinski definition) is 6. The summed E-state index contributed by atoms with van der Waals surface area (Å²) in [5, 5.41) is 25.0. The fraction of sp³-hybridized carbons (Fsp3) is 0.154. The molecule has 6 nitrogen and oxygen atoms in total. The van der Waals surface area contributed by atoms with E-state index in [-0.39, 0.29) is 11.4 Å². The first-order valence-electron chi connectivity index (χ1n) is 10.1. The van der Waals surface area contributed by atoms with Gasteiger partial charge < -0.3 is 19.7 Å². The molecule has 4 rings (SSSR count). The molecule has 0 radical (unpaired) electrons. The van der Waals surface area contributed by atoms with Gasteiger partial charge in [0.1, 0.15) is 0 Å². The van der Waals surface area contributed by atoms with Crippen molar-refractivity contribution in [3.05, 3.63) is 120 Å². The summed E-state index contributed by atoms with van der Waals surface area (Å²) in [6, 6.07) is 28.0. The van der Waals surface area contributed by atoms with Crippen molar-refractivity contribution >= 4 is 0 Å². The monoisotopic (exact) mass is 428 g/mol. The van der Waals surface area contributed by atoms with Crippen LogP contribution in [0, 0.1) is 0 Å². The normalized spacial score (nSPS) is 14.8. The summed E-state index contributed by atoms with van der Waals surface area (Å²) in [5.41, 5.74) is -2.75. The van der Waals surface area contributed by atoms with Gasteiger partial charge in [-0.3, -0.25) is 0 Å². The Hall–Kier alpha value is -3.74. The van der Waals surface area contributed by atoms with Gasteiger partial charge in [-0.2, -0.15) is 0 Å². The van der Waals surface area contributed by atoms with Gasteiger partial charge in [0.2, 0.25) is 11.8 Å². The van der Waals surface area contributed by atoms with Crippen LogP contribution in [0.4, 0.5) is 0 Å². The van der Waals surface area contributed by atoms with Gasteiger partial charge in [-0.25, -0.2) is 9.97 Å². The van der Waals surface area contributed by atoms with Crippen LogP contribution in [-0.2, 0) is 11.2 Å². The first kappa shape index (κ1) is 21.5. The van der Waals surface area contributed by atoms with Crippen LogP contribution < -0.4 is 9.47 Å². The van der Waals surface area contributed by atoms with Crippen LogP contribution in [0.2, 0.25) is 0 Å². The zero-order chi connectivity index (χ0) is 22.6. The molecule has 0 fully saturated rings. The maximum absolute atomic E-state index is 12.5. The molecule has 0 aliphatic rings. The number of benzene rings is 2. The van der Waals surface area contributed by atoms with Crippen LogP contribution in [0.15, 0.2) is 97.1 Å². The van der Waals surface area contributed by atoms with E-state index in [9.17, 15) is 10.2 Å². The number of aliphatic hydroxyl groups is 2. The highest BCUT2D eigenvalue weighted by Crippen LogP contribution is 2.49. The fourth-order valence-electron chi connectivity index (χ4n) is 3.90. The zero-order valence-electron chi connectivity index (χ0n) is 17.8. The molecular weight excluding hydrogens is 404 g/mol. The number of hydrogen-bond donors (Lipinski definition) is 2. The summed E-state index contributed by atoms with van der Waals surface area (Å²) in [6.45, 7) is 0. The number of rotatable bonds is 7. The second-order valence-corrected chi connectivity index (χ2v) is 7.28. The molecule has 0 saturated heterocycles. The van der Waals surface area contributed by atoms with Crippen molar-refractivity contribution in [2.45, 2.75) is 11.2 Å². The minimum atomic E-state index is -2.02. The first-order chi connectivity index (χ1) is 15.5. The smallest absolute Gasteiger partial charge is 0.213 e. The Morgan fingerprint density at radius 3 is 1.25 bits per heavy atom. The summed E-state index contributed by atoms with van der Waals surface area (Å²) in [7, 11) is 3.00. The molecule has 2 aromatic heterocycles. The van der Waals surface area contributed by atoms with E-state index >= 15 is 0 Å². The highest BCUT2D eigenvalue weighted by molar-refractivity contribution is 5.48. The Kier molecular flexibility index (Phi) is 5.90. The van der Waals surface area contributed by atoms with Crippen molar-refractivity contribution in [2.75, 3.05) is 14.2 Å². The molecule has 2 atom stereocenters. The molecule has 0 aliphatic carbocycles. The summed E-state index contributed by atoms with van der Waals surface area (Å²) in [6.07, 6.45) is 0. The van der Waals surface area contributed by atoms with Crippen LogP contribution in [-0.4, -0.2) is 34.4 Å². The Balaban J connectivity index is 2.10. The van der Waals surface area contributed by atoms with E-state index in [0.717, 1.165) is 0 Å². The number of methoxy groups -OCH3 is 2. The Morgan fingerprint density at radius 2 is 0.906 bits per heavy atom. The lowest BCUT2D eigenvalue weighted by molar-refractivity contribution is -0.118. The molecule has 2 N–H and O–H groups in total. The summed E-state index contributed by atoms with van der Waals surface area (Å²) in [4.78, 5) is 9.02. The second-order valence-electron chi connectivity index (χ2n) is 7.28. The standard InChI is InChI=1S/C26H24N2O4/c1-31-23-17-9-15-21(27-23)25(29,19-11-5-3-6-12-19)26(30,20-13-7-4-8-14-20)22-16-10-18-24(28-22)32-2/h3-18,29-30H,1-2H3. The van der Waals surface area contributed by atoms with Crippen molar-refractivity contribution in [3.8, 4) is 11.8 Å². The SMILES string of the molecule is COc1cccc(C(O)(c2ccccc2)C(O)(c2ccccc2)c2cccc(OC)n2)n1. The summed E-state index contributed by atoms with van der Waals surface area (Å²) < 4.78 is 10.6. The van der Waals surface area contributed by atoms with Crippen LogP contribution in [0.5, 0.6) is 11.8 Å². The van der Waals surface area contributed by atoms with Gasteiger partial charge in [0.25, 0.3) is 0 Å². The zero-order valence-corrected chi connectivity index (χ0v) is 17.8. The number of nitrogens with zero attached hydrogens (tertiary/aromatic N) is 2. The van der Waals surface area contributed by atoms with Crippen molar-refractivity contribution in [1.82, 2.24) is 9.97 Å². The second kappa shape index (κ2) is 8.78. The molecule has 2 unspecified atom stereocenters. The van der Waals surface area contributed by atoms with Crippen molar-refractivity contribution in [3.63, 3.8) is 0 Å². The van der Waals surface area contributed by atoms with Gasteiger partial charge in [-0.1, -0.05) is 72.8 Å². The van der Waals surface area contributed by atoms with Gasteiger partial charge in [-0.15, -0.1) is 0 Å². The first-order valence-corrected chi connectivity index (χ1v) is 10.1. The lowest BCUT2D eigenvalue weighted by Gasteiger charge is -2.43. The van der Waals surface area contributed by atoms with Crippen molar-refractivity contribution in [1.29, 1.82) is 0 Å². The summed E-state index contributed by atoms with van der Waals surface area (Å²) >= 11 is 0. The Labute approximate surface area is 186 Å². The highest BCUT2D eigenvalue weighted by atomic mass is 16.5. The van der Waals surface area contributed by atoms with Crippen LogP contribution in [0.1, 0.15) is 22.5 Å². The van der Waals surface area contributed by atoms with E-state index in [1.807, 2.05) is 12.1 Å². The van der Waals surface area contributed by atoms with E-state index in [1.165, 1.54) is 14.2 Å². The van der Waals surface area contributed by atoms with E-state index in [1.54, 1.807) is 84.9 Å². The van der Waals surface area contributed by atoms with Gasteiger partial charge in [0.05, 0.1) is 25.6 Å². The lowest BCUT2D eigenvalue weighted by atomic mass is 9.69. The average molecular weight is 428 g/mol. The number of ether oxygens (including phenoxy) is 2. The topological polar surface area (TPSA) is 84.7 Å². The molecule has 162 valence electrons. The molecule has 2 aromatic carbocycles. The van der Waals surface area contributed by atoms with Crippen molar-refractivity contribution in [2.24, 2.45) is 0 Å². The van der Waals surface area contributed by atoms with E-state index < -0.39 is 11.2 Å². The largest absolute Gasteiger partial charge is 0.481 e. The molecule has 32 heavy (non-hydrogen) atoms. The average Bonchev–Trinajstić information content (AvgIpc) is 2.88. The van der Waals surface area contributed by atoms with Gasteiger partial charge >= 0.3 is 0 Å². The van der Waals surface area contributed by atoms with E-state index in [0.29, 0.717) is 22.9 Å². The van der Waals surface area contributed by atoms with E-state index in [4.69, 9.17) is 9.47 Å². The molecule has 2 heterocycles. The molecule has 0 bridgehead atoms. The minimum absolute atomic E-state index is 0.207. The van der Waals surface area contributed by atoms with Gasteiger partial charge in [0, 0.05) is 12.1 Å². The molecule has 6 heteroatoms. The predicted octanol–water partition coefficient (Wildman–Crippen LogP) is 3.67. The molecule has 4 aromatic rings. The lowest BCUT2D eigenvalue weighted by Crippen LogP contribution is -2.52. The molecule has 0 saturated carbocycles. The molecule has 0 aliphatic heterocycles. The fourth-order valence-corrected chi connectivity index (χ4v) is 3.90. The Morgan fingerprint density at radius 1 is 0.531 bits per heavy atom. The Bertz CT molecular complexity index is 1090. The van der Waals surface area contributed by atoms with Crippen molar-refractivity contribution < 1.29 is 19.7 Å². The third-order valence-corrected chi connectivity index (χ3v) is 5.51. The summed E-state index contributed by atoms with van der Waals surface area (Å²) in [5.74, 6) is 0.622. The number of aromatic nitrogens is 2. The minimum Gasteiger partial charge on any atom is -0.481 e. The third kappa shape index (κ3) is 3.49. The predicted molar refractivity (Wildman–Crippen MR) is 120 cm³/mol. The quantitative estimate of drug-likeness (QED) is 0.467. The highest BCUT2D eigenvalue weighted by Gasteiger charge is 2.56. The van der Waals surface area contributed by atoms with Crippen LogP contribution in [0.3, 0.4) is 0 Å². The maximum Gasteiger partial charge on any atom is 0.213 e. The van der Waals surface area contributed by atoms with Gasteiger partial charge in [-0.05, 0) is 23.3 Å². The molecule has 0 spiro atoms. The number of pyridine rings is 2. The van der Waals surface area contributed by atoms with E-state index in [2.05, 4.69) is 9.97 Å². The third-order valence-electron chi connectivity index (χ3n) is 5.51. The molecular formula is C26H24N2O4. The van der Waals surface area contributed by atoms with Gasteiger partial charge in [0.15, 0.2) is 11.2 Å².